The molecule has 7 heteroatoms. The average Bonchev–Trinajstić information content (AvgIpc) is 3.42. The molecule has 2 aromatic heterocycles. The predicted octanol–water partition coefficient (Wildman–Crippen LogP) is 4.73. The molecule has 0 saturated heterocycles. The van der Waals surface area contributed by atoms with E-state index in [9.17, 15) is 4.79 Å². The van der Waals surface area contributed by atoms with Gasteiger partial charge in [-0.3, -0.25) is 4.79 Å². The van der Waals surface area contributed by atoms with Crippen molar-refractivity contribution in [3.63, 3.8) is 0 Å². The zero-order chi connectivity index (χ0) is 23.3. The Labute approximate surface area is 200 Å². The van der Waals surface area contributed by atoms with Crippen LogP contribution in [-0.2, 0) is 6.61 Å². The van der Waals surface area contributed by atoms with Crippen LogP contribution in [0, 0.1) is 0 Å². The maximum absolute atomic E-state index is 12.9. The molecule has 0 saturated carbocycles. The highest BCUT2D eigenvalue weighted by Crippen LogP contribution is 2.21. The molecule has 0 N–H and O–H groups in total. The van der Waals surface area contributed by atoms with Gasteiger partial charge >= 0.3 is 0 Å². The topological polar surface area (TPSA) is 65.7 Å². The summed E-state index contributed by atoms with van der Waals surface area (Å²) in [6, 6.07) is 25.3. The van der Waals surface area contributed by atoms with Crippen molar-refractivity contribution in [3.05, 3.63) is 105 Å². The van der Waals surface area contributed by atoms with Crippen LogP contribution >= 0.6 is 11.3 Å². The van der Waals surface area contributed by atoms with Crippen molar-refractivity contribution in [1.82, 2.24) is 14.6 Å². The first-order valence-corrected chi connectivity index (χ1v) is 11.9. The van der Waals surface area contributed by atoms with Gasteiger partial charge in [-0.25, -0.2) is 0 Å². The fraction of sp³-hybridized carbons (Fsp3) is 0.148. The van der Waals surface area contributed by atoms with Gasteiger partial charge in [0.05, 0.1) is 11.1 Å². The molecule has 5 aromatic rings. The summed E-state index contributed by atoms with van der Waals surface area (Å²) < 4.78 is 13.4. The number of ether oxygens (including phenoxy) is 2. The molecule has 0 radical (unpaired) electrons. The minimum atomic E-state index is -0.175. The van der Waals surface area contributed by atoms with Crippen LogP contribution in [-0.4, -0.2) is 21.2 Å². The first-order valence-electron chi connectivity index (χ1n) is 11.1. The zero-order valence-electron chi connectivity index (χ0n) is 18.7. The van der Waals surface area contributed by atoms with Crippen LogP contribution in [0.4, 0.5) is 0 Å². The zero-order valence-corrected chi connectivity index (χ0v) is 19.5. The molecule has 0 unspecified atom stereocenters. The average molecular weight is 470 g/mol. The van der Waals surface area contributed by atoms with E-state index >= 15 is 0 Å². The highest BCUT2D eigenvalue weighted by Gasteiger charge is 2.12. The molecule has 0 atom stereocenters. The van der Waals surface area contributed by atoms with Gasteiger partial charge in [-0.05, 0) is 60.0 Å². The Morgan fingerprint density at radius 3 is 2.32 bits per heavy atom. The van der Waals surface area contributed by atoms with Crippen LogP contribution in [0.5, 0.6) is 11.5 Å². The van der Waals surface area contributed by atoms with Gasteiger partial charge in [0.15, 0.2) is 5.82 Å². The highest BCUT2D eigenvalue weighted by molar-refractivity contribution is 7.15. The van der Waals surface area contributed by atoms with Crippen LogP contribution in [0.25, 0.3) is 22.4 Å². The van der Waals surface area contributed by atoms with E-state index in [1.165, 1.54) is 15.9 Å². The molecule has 5 rings (SSSR count). The van der Waals surface area contributed by atoms with Gasteiger partial charge in [0, 0.05) is 5.56 Å². The number of rotatable bonds is 8. The summed E-state index contributed by atoms with van der Waals surface area (Å²) in [6.07, 6.45) is 2.81. The summed E-state index contributed by atoms with van der Waals surface area (Å²) in [5, 5.41) is 4.43. The maximum atomic E-state index is 12.9. The van der Waals surface area contributed by atoms with Crippen molar-refractivity contribution in [2.24, 2.45) is 0 Å². The van der Waals surface area contributed by atoms with E-state index < -0.39 is 0 Å². The monoisotopic (exact) mass is 469 g/mol. The maximum Gasteiger partial charge on any atom is 0.291 e. The fourth-order valence-electron chi connectivity index (χ4n) is 3.43. The summed E-state index contributed by atoms with van der Waals surface area (Å²) in [4.78, 5) is 18.0. The molecule has 2 heterocycles. The standard InChI is InChI=1S/C27H23N3O3S/c1-2-16-32-22-14-10-21(11-15-22)25-28-27-30(29-25)26(31)24(34-27)17-19-8-12-23(13-9-19)33-18-20-6-4-3-5-7-20/h3-15,17H,2,16,18H2,1H3/b24-17-. The lowest BCUT2D eigenvalue weighted by Gasteiger charge is -2.06. The summed E-state index contributed by atoms with van der Waals surface area (Å²) in [7, 11) is 0. The molecule has 0 aliphatic carbocycles. The van der Waals surface area contributed by atoms with E-state index in [0.717, 1.165) is 34.6 Å². The third-order valence-corrected chi connectivity index (χ3v) is 6.15. The normalized spacial score (nSPS) is 11.7. The lowest BCUT2D eigenvalue weighted by molar-refractivity contribution is 0.306. The smallest absolute Gasteiger partial charge is 0.291 e. The molecular weight excluding hydrogens is 446 g/mol. The van der Waals surface area contributed by atoms with Gasteiger partial charge in [-0.1, -0.05) is 60.7 Å². The first kappa shape index (κ1) is 21.9. The lowest BCUT2D eigenvalue weighted by atomic mass is 10.2. The van der Waals surface area contributed by atoms with Gasteiger partial charge in [0.2, 0.25) is 4.96 Å². The summed E-state index contributed by atoms with van der Waals surface area (Å²) in [6.45, 7) is 3.26. The molecule has 0 amide bonds. The molecule has 0 bridgehead atoms. The summed E-state index contributed by atoms with van der Waals surface area (Å²) in [5.41, 5.74) is 2.70. The molecule has 0 spiro atoms. The van der Waals surface area contributed by atoms with Crippen molar-refractivity contribution in [1.29, 1.82) is 0 Å². The predicted molar refractivity (Wildman–Crippen MR) is 134 cm³/mol. The molecule has 0 aliphatic heterocycles. The van der Waals surface area contributed by atoms with E-state index in [-0.39, 0.29) is 5.56 Å². The van der Waals surface area contributed by atoms with E-state index in [2.05, 4.69) is 17.0 Å². The number of aromatic nitrogens is 3. The van der Waals surface area contributed by atoms with Crippen molar-refractivity contribution in [2.45, 2.75) is 20.0 Å². The Kier molecular flexibility index (Phi) is 6.35. The lowest BCUT2D eigenvalue weighted by Crippen LogP contribution is -2.23. The van der Waals surface area contributed by atoms with Crippen molar-refractivity contribution < 1.29 is 9.47 Å². The second kappa shape index (κ2) is 9.89. The Hall–Kier alpha value is -3.97. The van der Waals surface area contributed by atoms with Crippen LogP contribution in [0.3, 0.4) is 0 Å². The van der Waals surface area contributed by atoms with Gasteiger partial charge in [-0.2, -0.15) is 9.50 Å². The fourth-order valence-corrected chi connectivity index (χ4v) is 4.34. The number of hydrogen-bond acceptors (Lipinski definition) is 6. The molecule has 0 aliphatic rings. The highest BCUT2D eigenvalue weighted by atomic mass is 32.1. The second-order valence-corrected chi connectivity index (χ2v) is 8.77. The van der Waals surface area contributed by atoms with Crippen LogP contribution in [0.2, 0.25) is 0 Å². The summed E-state index contributed by atoms with van der Waals surface area (Å²) in [5.74, 6) is 2.11. The number of fused-ring (bicyclic) bond motifs is 1. The largest absolute Gasteiger partial charge is 0.494 e. The van der Waals surface area contributed by atoms with E-state index in [1.54, 1.807) is 0 Å². The molecular formula is C27H23N3O3S. The quantitative estimate of drug-likeness (QED) is 0.329. The van der Waals surface area contributed by atoms with Crippen molar-refractivity contribution in [3.8, 4) is 22.9 Å². The van der Waals surface area contributed by atoms with Crippen LogP contribution in [0.1, 0.15) is 24.5 Å². The second-order valence-electron chi connectivity index (χ2n) is 7.76. The Bertz CT molecular complexity index is 1490. The Morgan fingerprint density at radius 1 is 0.912 bits per heavy atom. The third-order valence-electron chi connectivity index (χ3n) is 5.19. The van der Waals surface area contributed by atoms with Gasteiger partial charge in [0.1, 0.15) is 18.1 Å². The first-order chi connectivity index (χ1) is 16.7. The third kappa shape index (κ3) is 4.84. The Balaban J connectivity index is 1.32. The molecule has 6 nitrogen and oxygen atoms in total. The minimum absolute atomic E-state index is 0.175. The number of hydrogen-bond donors (Lipinski definition) is 0. The molecule has 3 aromatic carbocycles. The van der Waals surface area contributed by atoms with Crippen molar-refractivity contribution in [2.75, 3.05) is 6.61 Å². The van der Waals surface area contributed by atoms with E-state index in [4.69, 9.17) is 9.47 Å². The molecule has 0 fully saturated rings. The SMILES string of the molecule is CCCOc1ccc(-c2nc3s/c(=C\c4ccc(OCc5ccccc5)cc4)c(=O)n3n2)cc1. The van der Waals surface area contributed by atoms with Gasteiger partial charge in [-0.15, -0.1) is 5.10 Å². The van der Waals surface area contributed by atoms with E-state index in [0.29, 0.717) is 28.5 Å². The number of benzene rings is 3. The van der Waals surface area contributed by atoms with Crippen LogP contribution in [0.15, 0.2) is 83.7 Å². The molecule has 170 valence electrons. The summed E-state index contributed by atoms with van der Waals surface area (Å²) >= 11 is 1.33. The van der Waals surface area contributed by atoms with E-state index in [1.807, 2.05) is 84.9 Å². The number of nitrogens with zero attached hydrogens (tertiary/aromatic N) is 3. The van der Waals surface area contributed by atoms with Gasteiger partial charge in [0.25, 0.3) is 5.56 Å². The Morgan fingerprint density at radius 2 is 1.62 bits per heavy atom. The minimum Gasteiger partial charge on any atom is -0.494 e. The van der Waals surface area contributed by atoms with Gasteiger partial charge < -0.3 is 9.47 Å². The molecule has 34 heavy (non-hydrogen) atoms. The van der Waals surface area contributed by atoms with Crippen LogP contribution < -0.4 is 19.6 Å². The number of thiazole rings is 1. The van der Waals surface area contributed by atoms with Crippen molar-refractivity contribution >= 4 is 22.4 Å².